The molecule has 0 aliphatic rings. The van der Waals surface area contributed by atoms with Gasteiger partial charge in [-0.15, -0.1) is 8.58 Å². The van der Waals surface area contributed by atoms with E-state index in [4.69, 9.17) is 4.55 Å². The van der Waals surface area contributed by atoms with E-state index in [1.54, 1.807) is 0 Å². The van der Waals surface area contributed by atoms with Crippen LogP contribution in [0.4, 0.5) is 0 Å². The van der Waals surface area contributed by atoms with Crippen LogP contribution in [0.25, 0.3) is 0 Å². The van der Waals surface area contributed by atoms with Crippen LogP contribution in [0.15, 0.2) is 0 Å². The molecule has 1 N–H and O–H groups in total. The van der Waals surface area contributed by atoms with Crippen LogP contribution in [0.1, 0.15) is 27.2 Å². The van der Waals surface area contributed by atoms with Crippen LogP contribution in [0.2, 0.25) is 0 Å². The van der Waals surface area contributed by atoms with Gasteiger partial charge in [0.1, 0.15) is 0 Å². The summed E-state index contributed by atoms with van der Waals surface area (Å²) in [5.74, 6) is -0.101. The van der Waals surface area contributed by atoms with Gasteiger partial charge in [0.25, 0.3) is 10.1 Å². The highest BCUT2D eigenvalue weighted by Gasteiger charge is 2.10. The van der Waals surface area contributed by atoms with Crippen LogP contribution in [0.3, 0.4) is 0 Å². The second kappa shape index (κ2) is 4.54. The van der Waals surface area contributed by atoms with Gasteiger partial charge in [-0.25, -0.2) is 0 Å². The summed E-state index contributed by atoms with van der Waals surface area (Å²) in [6, 6.07) is 0. The van der Waals surface area contributed by atoms with Crippen molar-refractivity contribution in [2.24, 2.45) is 0 Å². The maximum Gasteiger partial charge on any atom is 0.264 e. The molecule has 74 valence electrons. The van der Waals surface area contributed by atoms with Crippen molar-refractivity contribution in [3.8, 4) is 0 Å². The fourth-order valence-electron chi connectivity index (χ4n) is 0.718. The summed E-state index contributed by atoms with van der Waals surface area (Å²) in [6.07, 6.45) is 1.44. The average molecular weight is 212 g/mol. The number of rotatable bonds is 4. The predicted molar refractivity (Wildman–Crippen MR) is 54.0 cm³/mol. The van der Waals surface area contributed by atoms with Crippen molar-refractivity contribution in [2.75, 3.05) is 11.9 Å². The van der Waals surface area contributed by atoms with E-state index in [0.717, 1.165) is 14.7 Å². The van der Waals surface area contributed by atoms with Crippen LogP contribution < -0.4 is 0 Å². The Labute approximate surface area is 76.5 Å². The van der Waals surface area contributed by atoms with Gasteiger partial charge in [0.05, 0.1) is 5.75 Å². The molecule has 0 aromatic rings. The van der Waals surface area contributed by atoms with E-state index >= 15 is 0 Å². The van der Waals surface area contributed by atoms with Gasteiger partial charge in [-0.05, 0) is 17.7 Å². The third-order valence-electron chi connectivity index (χ3n) is 1.23. The van der Waals surface area contributed by atoms with Crippen molar-refractivity contribution in [2.45, 2.75) is 32.3 Å². The zero-order valence-electron chi connectivity index (χ0n) is 7.79. The Bertz CT molecular complexity index is 215. The van der Waals surface area contributed by atoms with E-state index in [-0.39, 0.29) is 10.9 Å². The molecule has 0 aromatic carbocycles. The van der Waals surface area contributed by atoms with Gasteiger partial charge in [-0.2, -0.15) is 8.42 Å². The Hall–Kier alpha value is 0.340. The topological polar surface area (TPSA) is 54.4 Å². The Morgan fingerprint density at radius 1 is 1.33 bits per heavy atom. The summed E-state index contributed by atoms with van der Waals surface area (Å²) in [4.78, 5) is 0. The highest BCUT2D eigenvalue weighted by molar-refractivity contribution is 7.85. The maximum absolute atomic E-state index is 10.3. The molecule has 0 aliphatic carbocycles. The van der Waals surface area contributed by atoms with E-state index in [2.05, 4.69) is 20.8 Å². The normalized spacial score (nSPS) is 14.3. The maximum atomic E-state index is 10.3. The Balaban J connectivity index is 3.48. The molecule has 0 saturated carbocycles. The van der Waals surface area contributed by atoms with Crippen molar-refractivity contribution in [1.82, 2.24) is 0 Å². The fraction of sp³-hybridized carbons (Fsp3) is 1.00. The Morgan fingerprint density at radius 3 is 2.17 bits per heavy atom. The first-order chi connectivity index (χ1) is 5.21. The standard InChI is InChI=1S/C7H17O3PS/c1-7(2,3)11-5-4-6-12(8,9)10/h11H,4-6H2,1-3H3,(H,8,9,10). The molecule has 0 fully saturated rings. The van der Waals surface area contributed by atoms with Gasteiger partial charge >= 0.3 is 0 Å². The lowest BCUT2D eigenvalue weighted by Gasteiger charge is -2.17. The summed E-state index contributed by atoms with van der Waals surface area (Å²) in [7, 11) is -2.99. The molecule has 12 heavy (non-hydrogen) atoms. The second-order valence-corrected chi connectivity index (χ2v) is 7.74. The van der Waals surface area contributed by atoms with E-state index < -0.39 is 10.1 Å². The van der Waals surface area contributed by atoms with Crippen molar-refractivity contribution >= 4 is 18.7 Å². The largest absolute Gasteiger partial charge is 0.286 e. The molecule has 0 bridgehead atoms. The molecule has 0 spiro atoms. The van der Waals surface area contributed by atoms with E-state index in [0.29, 0.717) is 6.42 Å². The molecule has 1 atom stereocenters. The van der Waals surface area contributed by atoms with Crippen LogP contribution in [0, 0.1) is 0 Å². The first kappa shape index (κ1) is 12.3. The van der Waals surface area contributed by atoms with Gasteiger partial charge in [-0.3, -0.25) is 4.55 Å². The monoisotopic (exact) mass is 212 g/mol. The van der Waals surface area contributed by atoms with Crippen LogP contribution in [-0.2, 0) is 10.1 Å². The molecule has 5 heteroatoms. The first-order valence-electron chi connectivity index (χ1n) is 3.91. The molecule has 0 aliphatic heterocycles. The van der Waals surface area contributed by atoms with Gasteiger partial charge in [-0.1, -0.05) is 20.8 Å². The minimum absolute atomic E-state index is 0.101. The Kier molecular flexibility index (Phi) is 4.67. The molecule has 0 amide bonds. The lowest BCUT2D eigenvalue weighted by Crippen LogP contribution is -2.09. The molecular weight excluding hydrogens is 195 g/mol. The minimum Gasteiger partial charge on any atom is -0.286 e. The molecule has 0 rings (SSSR count). The number of hydrogen-bond acceptors (Lipinski definition) is 2. The Morgan fingerprint density at radius 2 is 1.83 bits per heavy atom. The molecule has 0 heterocycles. The molecule has 0 aromatic heterocycles. The minimum atomic E-state index is -3.74. The third kappa shape index (κ3) is 10.3. The summed E-state index contributed by atoms with van der Waals surface area (Å²) in [5, 5.41) is 0.277. The van der Waals surface area contributed by atoms with Gasteiger partial charge < -0.3 is 0 Å². The van der Waals surface area contributed by atoms with Gasteiger partial charge in [0.2, 0.25) is 0 Å². The SMILES string of the molecule is CC(C)(C)PCCCS(=O)(=O)O. The first-order valence-corrected chi connectivity index (χ1v) is 6.72. The van der Waals surface area contributed by atoms with E-state index in [1.165, 1.54) is 0 Å². The highest BCUT2D eigenvalue weighted by Crippen LogP contribution is 2.30. The summed E-state index contributed by atoms with van der Waals surface area (Å²) >= 11 is 0. The van der Waals surface area contributed by atoms with Crippen molar-refractivity contribution in [1.29, 1.82) is 0 Å². The third-order valence-corrected chi connectivity index (χ3v) is 3.70. The predicted octanol–water partition coefficient (Wildman–Crippen LogP) is 1.74. The zero-order chi connectivity index (χ0) is 9.83. The lowest BCUT2D eigenvalue weighted by atomic mass is 10.3. The van der Waals surface area contributed by atoms with Crippen LogP contribution >= 0.6 is 8.58 Å². The molecule has 1 unspecified atom stereocenters. The quantitative estimate of drug-likeness (QED) is 0.438. The van der Waals surface area contributed by atoms with Crippen molar-refractivity contribution in [3.05, 3.63) is 0 Å². The van der Waals surface area contributed by atoms with Gasteiger partial charge in [0, 0.05) is 0 Å². The van der Waals surface area contributed by atoms with Crippen molar-refractivity contribution in [3.63, 3.8) is 0 Å². The van der Waals surface area contributed by atoms with Crippen molar-refractivity contribution < 1.29 is 13.0 Å². The van der Waals surface area contributed by atoms with Crippen LogP contribution in [0.5, 0.6) is 0 Å². The van der Waals surface area contributed by atoms with Gasteiger partial charge in [0.15, 0.2) is 0 Å². The fourth-order valence-corrected chi connectivity index (χ4v) is 2.59. The summed E-state index contributed by atoms with van der Waals surface area (Å²) in [5.41, 5.74) is 0. The summed E-state index contributed by atoms with van der Waals surface area (Å²) in [6.45, 7) is 6.37. The second-order valence-electron chi connectivity index (χ2n) is 3.82. The summed E-state index contributed by atoms with van der Waals surface area (Å²) < 4.78 is 29.1. The van der Waals surface area contributed by atoms with E-state index in [9.17, 15) is 8.42 Å². The molecule has 0 saturated heterocycles. The molecule has 0 radical (unpaired) electrons. The van der Waals surface area contributed by atoms with E-state index in [1.807, 2.05) is 0 Å². The van der Waals surface area contributed by atoms with Crippen LogP contribution in [-0.4, -0.2) is 30.0 Å². The molecular formula is C7H17O3PS. The molecule has 3 nitrogen and oxygen atoms in total. The zero-order valence-corrected chi connectivity index (χ0v) is 9.61. The lowest BCUT2D eigenvalue weighted by molar-refractivity contribution is 0.482. The average Bonchev–Trinajstić information content (AvgIpc) is 1.76. The number of hydrogen-bond donors (Lipinski definition) is 1. The smallest absolute Gasteiger partial charge is 0.264 e. The highest BCUT2D eigenvalue weighted by atomic mass is 32.2.